The first-order valence-corrected chi connectivity index (χ1v) is 8.23. The zero-order chi connectivity index (χ0) is 13.3. The first-order chi connectivity index (χ1) is 9.19. The molecule has 1 aromatic rings. The van der Waals surface area contributed by atoms with Crippen LogP contribution in [-0.4, -0.2) is 18.0 Å². The minimum atomic E-state index is 0.712. The smallest absolute Gasteiger partial charge is 0.0461 e. The van der Waals surface area contributed by atoms with Gasteiger partial charge >= 0.3 is 0 Å². The Morgan fingerprint density at radius 3 is 2.47 bits per heavy atom. The van der Waals surface area contributed by atoms with Gasteiger partial charge in [-0.2, -0.15) is 0 Å². The highest BCUT2D eigenvalue weighted by atomic mass is 79.9. The van der Waals surface area contributed by atoms with Crippen LogP contribution in [0.15, 0.2) is 22.7 Å². The summed E-state index contributed by atoms with van der Waals surface area (Å²) in [5.74, 6) is 0. The SMILES string of the molecule is Nc1cccc(CN2CCC3(CCCC3)CC2)c1Br. The third-order valence-corrected chi connectivity index (χ3v) is 6.05. The Balaban J connectivity index is 1.61. The molecule has 0 aromatic heterocycles. The molecular weight excluding hydrogens is 300 g/mol. The summed E-state index contributed by atoms with van der Waals surface area (Å²) in [7, 11) is 0. The van der Waals surface area contributed by atoms with E-state index >= 15 is 0 Å². The third-order valence-electron chi connectivity index (χ3n) is 5.08. The lowest BCUT2D eigenvalue weighted by Crippen LogP contribution is -2.38. The summed E-state index contributed by atoms with van der Waals surface area (Å²) in [6, 6.07) is 6.19. The van der Waals surface area contributed by atoms with Gasteiger partial charge in [0.1, 0.15) is 0 Å². The molecule has 0 unspecified atom stereocenters. The summed E-state index contributed by atoms with van der Waals surface area (Å²) in [5.41, 5.74) is 8.84. The second-order valence-electron chi connectivity index (χ2n) is 6.30. The molecule has 0 atom stereocenters. The van der Waals surface area contributed by atoms with Crippen molar-refractivity contribution in [2.24, 2.45) is 5.41 Å². The summed E-state index contributed by atoms with van der Waals surface area (Å²) in [6.45, 7) is 3.53. The van der Waals surface area contributed by atoms with Crippen molar-refractivity contribution in [2.45, 2.75) is 45.1 Å². The Morgan fingerprint density at radius 2 is 1.79 bits per heavy atom. The molecule has 3 heteroatoms. The fourth-order valence-electron chi connectivity index (χ4n) is 3.77. The van der Waals surface area contributed by atoms with Crippen molar-refractivity contribution in [1.29, 1.82) is 0 Å². The number of halogens is 1. The number of rotatable bonds is 2. The molecule has 1 heterocycles. The van der Waals surface area contributed by atoms with Gasteiger partial charge in [-0.15, -0.1) is 0 Å². The molecule has 1 spiro atoms. The van der Waals surface area contributed by atoms with Gasteiger partial charge in [-0.1, -0.05) is 25.0 Å². The molecule has 1 aromatic carbocycles. The van der Waals surface area contributed by atoms with Crippen molar-refractivity contribution in [3.05, 3.63) is 28.2 Å². The third kappa shape index (κ3) is 2.82. The molecule has 2 fully saturated rings. The highest BCUT2D eigenvalue weighted by molar-refractivity contribution is 9.10. The summed E-state index contributed by atoms with van der Waals surface area (Å²) in [5, 5.41) is 0. The van der Waals surface area contributed by atoms with E-state index in [1.807, 2.05) is 6.07 Å². The van der Waals surface area contributed by atoms with Crippen LogP contribution in [0.3, 0.4) is 0 Å². The Morgan fingerprint density at radius 1 is 1.11 bits per heavy atom. The molecule has 1 saturated heterocycles. The van der Waals surface area contributed by atoms with Gasteiger partial charge in [-0.3, -0.25) is 4.90 Å². The number of hydrogen-bond donors (Lipinski definition) is 1. The zero-order valence-electron chi connectivity index (χ0n) is 11.5. The molecule has 1 aliphatic carbocycles. The standard InChI is InChI=1S/C16H23BrN2/c17-15-13(4-3-5-14(15)18)12-19-10-8-16(9-11-19)6-1-2-7-16/h3-5H,1-2,6-12,18H2. The predicted octanol–water partition coefficient (Wildman–Crippen LogP) is 4.19. The summed E-state index contributed by atoms with van der Waals surface area (Å²) < 4.78 is 1.08. The van der Waals surface area contributed by atoms with E-state index < -0.39 is 0 Å². The second kappa shape index (κ2) is 5.45. The topological polar surface area (TPSA) is 29.3 Å². The van der Waals surface area contributed by atoms with E-state index in [9.17, 15) is 0 Å². The van der Waals surface area contributed by atoms with E-state index in [-0.39, 0.29) is 0 Å². The molecule has 1 saturated carbocycles. The average Bonchev–Trinajstić information content (AvgIpc) is 2.86. The number of benzene rings is 1. The van der Waals surface area contributed by atoms with E-state index in [0.717, 1.165) is 16.7 Å². The van der Waals surface area contributed by atoms with Gasteiger partial charge in [0, 0.05) is 16.7 Å². The Hall–Kier alpha value is -0.540. The highest BCUT2D eigenvalue weighted by Gasteiger charge is 2.36. The Kier molecular flexibility index (Phi) is 3.86. The van der Waals surface area contributed by atoms with Crippen molar-refractivity contribution >= 4 is 21.6 Å². The number of nitrogens with two attached hydrogens (primary N) is 1. The molecule has 104 valence electrons. The largest absolute Gasteiger partial charge is 0.398 e. The van der Waals surface area contributed by atoms with E-state index in [0.29, 0.717) is 5.41 Å². The highest BCUT2D eigenvalue weighted by Crippen LogP contribution is 2.46. The number of hydrogen-bond acceptors (Lipinski definition) is 2. The van der Waals surface area contributed by atoms with Gasteiger partial charge in [0.15, 0.2) is 0 Å². The first-order valence-electron chi connectivity index (χ1n) is 7.44. The molecule has 0 radical (unpaired) electrons. The van der Waals surface area contributed by atoms with Crippen LogP contribution in [0.5, 0.6) is 0 Å². The Labute approximate surface area is 124 Å². The molecule has 2 aliphatic rings. The maximum Gasteiger partial charge on any atom is 0.0461 e. The Bertz CT molecular complexity index is 442. The molecular formula is C16H23BrN2. The molecule has 2 nitrogen and oxygen atoms in total. The van der Waals surface area contributed by atoms with Crippen LogP contribution >= 0.6 is 15.9 Å². The van der Waals surface area contributed by atoms with Crippen LogP contribution in [0.4, 0.5) is 5.69 Å². The normalized spacial score (nSPS) is 23.0. The molecule has 2 N–H and O–H groups in total. The lowest BCUT2D eigenvalue weighted by molar-refractivity contribution is 0.103. The summed E-state index contributed by atoms with van der Waals surface area (Å²) in [4.78, 5) is 2.59. The van der Waals surface area contributed by atoms with Gasteiger partial charge < -0.3 is 5.73 Å². The van der Waals surface area contributed by atoms with E-state index in [4.69, 9.17) is 5.73 Å². The van der Waals surface area contributed by atoms with E-state index in [2.05, 4.69) is 33.0 Å². The fraction of sp³-hybridized carbons (Fsp3) is 0.625. The van der Waals surface area contributed by atoms with E-state index in [1.54, 1.807) is 0 Å². The number of nitrogens with zero attached hydrogens (tertiary/aromatic N) is 1. The molecule has 0 amide bonds. The van der Waals surface area contributed by atoms with Gasteiger partial charge in [-0.05, 0) is 71.7 Å². The fourth-order valence-corrected chi connectivity index (χ4v) is 4.16. The number of anilines is 1. The van der Waals surface area contributed by atoms with Gasteiger partial charge in [-0.25, -0.2) is 0 Å². The lowest BCUT2D eigenvalue weighted by Gasteiger charge is -2.39. The quantitative estimate of drug-likeness (QED) is 0.827. The lowest BCUT2D eigenvalue weighted by atomic mass is 9.77. The number of piperidine rings is 1. The van der Waals surface area contributed by atoms with Crippen molar-refractivity contribution in [2.75, 3.05) is 18.8 Å². The van der Waals surface area contributed by atoms with Gasteiger partial charge in [0.25, 0.3) is 0 Å². The summed E-state index contributed by atoms with van der Waals surface area (Å²) in [6.07, 6.45) is 8.66. The first kappa shape index (κ1) is 13.4. The monoisotopic (exact) mass is 322 g/mol. The maximum atomic E-state index is 5.95. The van der Waals surface area contributed by atoms with Crippen LogP contribution in [0.2, 0.25) is 0 Å². The van der Waals surface area contributed by atoms with Gasteiger partial charge in [0.05, 0.1) is 0 Å². The van der Waals surface area contributed by atoms with Crippen LogP contribution in [0.25, 0.3) is 0 Å². The molecule has 0 bridgehead atoms. The van der Waals surface area contributed by atoms with Crippen LogP contribution in [0.1, 0.15) is 44.1 Å². The molecule has 1 aliphatic heterocycles. The van der Waals surface area contributed by atoms with Crippen molar-refractivity contribution < 1.29 is 0 Å². The second-order valence-corrected chi connectivity index (χ2v) is 7.10. The van der Waals surface area contributed by atoms with Crippen molar-refractivity contribution in [3.63, 3.8) is 0 Å². The minimum absolute atomic E-state index is 0.712. The summed E-state index contributed by atoms with van der Waals surface area (Å²) >= 11 is 3.62. The average molecular weight is 323 g/mol. The van der Waals surface area contributed by atoms with Crippen LogP contribution in [0, 0.1) is 5.41 Å². The van der Waals surface area contributed by atoms with Crippen molar-refractivity contribution in [1.82, 2.24) is 4.90 Å². The van der Waals surface area contributed by atoms with Gasteiger partial charge in [0.2, 0.25) is 0 Å². The maximum absolute atomic E-state index is 5.95. The zero-order valence-corrected chi connectivity index (χ0v) is 13.1. The van der Waals surface area contributed by atoms with Crippen LogP contribution < -0.4 is 5.73 Å². The molecule has 19 heavy (non-hydrogen) atoms. The minimum Gasteiger partial charge on any atom is -0.398 e. The number of nitrogen functional groups attached to an aromatic ring is 1. The van der Waals surface area contributed by atoms with E-state index in [1.165, 1.54) is 57.2 Å². The van der Waals surface area contributed by atoms with Crippen molar-refractivity contribution in [3.8, 4) is 0 Å². The predicted molar refractivity (Wildman–Crippen MR) is 84.0 cm³/mol. The van der Waals surface area contributed by atoms with Crippen LogP contribution in [-0.2, 0) is 6.54 Å². The number of likely N-dealkylation sites (tertiary alicyclic amines) is 1. The molecule has 3 rings (SSSR count).